The molecule has 5 unspecified atom stereocenters. The van der Waals surface area contributed by atoms with E-state index in [0.717, 1.165) is 48.3 Å². The summed E-state index contributed by atoms with van der Waals surface area (Å²) in [5.74, 6) is 6.82. The molecule has 0 N–H and O–H groups in total. The van der Waals surface area contributed by atoms with E-state index in [1.54, 1.807) is 0 Å². The first-order valence-electron chi connectivity index (χ1n) is 13.1. The number of rotatable bonds is 5. The van der Waals surface area contributed by atoms with Gasteiger partial charge in [-0.2, -0.15) is 0 Å². The summed E-state index contributed by atoms with van der Waals surface area (Å²) in [5, 5.41) is 0. The molecular formula is C29H48O. The van der Waals surface area contributed by atoms with Crippen molar-refractivity contribution in [2.24, 2.45) is 52.3 Å². The Bertz CT molecular complexity index is 617. The van der Waals surface area contributed by atoms with Crippen LogP contribution in [0.15, 0.2) is 0 Å². The van der Waals surface area contributed by atoms with Crippen molar-refractivity contribution in [3.05, 3.63) is 0 Å². The maximum absolute atomic E-state index is 12.1. The summed E-state index contributed by atoms with van der Waals surface area (Å²) in [6.45, 7) is 12.6. The lowest BCUT2D eigenvalue weighted by molar-refractivity contribution is -0.140. The molecule has 0 bridgehead atoms. The van der Waals surface area contributed by atoms with E-state index >= 15 is 0 Å². The lowest BCUT2D eigenvalue weighted by Gasteiger charge is -2.60. The van der Waals surface area contributed by atoms with Gasteiger partial charge in [0.25, 0.3) is 0 Å². The molecule has 30 heavy (non-hydrogen) atoms. The molecule has 0 amide bonds. The van der Waals surface area contributed by atoms with Gasteiger partial charge in [0.1, 0.15) is 5.78 Å². The number of carbonyl (C=O) groups is 1. The molecule has 0 aliphatic heterocycles. The molecule has 1 heteroatoms. The van der Waals surface area contributed by atoms with Gasteiger partial charge in [0.05, 0.1) is 0 Å². The summed E-state index contributed by atoms with van der Waals surface area (Å²) in [6.07, 6.45) is 23.9. The molecule has 0 saturated heterocycles. The smallest absolute Gasteiger partial charge is 0.133 e. The molecule has 0 radical (unpaired) electrons. The van der Waals surface area contributed by atoms with Crippen LogP contribution in [0, 0.1) is 65.1 Å². The molecule has 4 saturated carbocycles. The van der Waals surface area contributed by atoms with Crippen molar-refractivity contribution in [1.29, 1.82) is 0 Å². The van der Waals surface area contributed by atoms with E-state index in [0.29, 0.717) is 22.5 Å². The molecule has 1 nitrogen and oxygen atoms in total. The zero-order chi connectivity index (χ0) is 22.1. The summed E-state index contributed by atoms with van der Waals surface area (Å²) in [5.41, 5.74) is 1.07. The van der Waals surface area contributed by atoms with Gasteiger partial charge in [-0.15, -0.1) is 12.8 Å². The van der Waals surface area contributed by atoms with Crippen LogP contribution in [0.25, 0.3) is 0 Å². The lowest BCUT2D eigenvalue weighted by atomic mass is 9.44. The SMILES string of the molecule is C#C.CC(C)CCCC(C)[C@H]1CCC2C3CCC4CC(=O)CC[C@]4(C)C3CC[C@@]21C. The first-order valence-corrected chi connectivity index (χ1v) is 13.1. The molecule has 0 aromatic heterocycles. The van der Waals surface area contributed by atoms with E-state index in [2.05, 4.69) is 47.5 Å². The predicted molar refractivity (Wildman–Crippen MR) is 128 cm³/mol. The Balaban J connectivity index is 0.00000124. The van der Waals surface area contributed by atoms with Crippen molar-refractivity contribution < 1.29 is 4.79 Å². The standard InChI is InChI=1S/C27H46O.C2H2/c1-18(2)7-6-8-19(3)23-11-12-24-22-10-9-20-17-21(28)13-15-26(20,4)25(22)14-16-27(23,24)5;1-2/h18-20,22-25H,6-17H2,1-5H3;1-2H/t19?,20?,22?,23-,24?,25?,26+,27-;/m1./s1. The number of fused-ring (bicyclic) bond motifs is 5. The second kappa shape index (κ2) is 9.38. The summed E-state index contributed by atoms with van der Waals surface area (Å²) < 4.78 is 0. The van der Waals surface area contributed by atoms with Gasteiger partial charge in [-0.1, -0.05) is 53.9 Å². The van der Waals surface area contributed by atoms with E-state index in [1.807, 2.05) is 0 Å². The fourth-order valence-corrected chi connectivity index (χ4v) is 9.07. The monoisotopic (exact) mass is 412 g/mol. The second-order valence-corrected chi connectivity index (χ2v) is 12.4. The number of ketones is 1. The molecule has 4 fully saturated rings. The zero-order valence-electron chi connectivity index (χ0n) is 20.6. The third-order valence-electron chi connectivity index (χ3n) is 10.7. The van der Waals surface area contributed by atoms with Crippen LogP contribution >= 0.6 is 0 Å². The molecule has 8 atom stereocenters. The summed E-state index contributed by atoms with van der Waals surface area (Å²) in [6, 6.07) is 0. The van der Waals surface area contributed by atoms with Crippen LogP contribution < -0.4 is 0 Å². The van der Waals surface area contributed by atoms with Crippen molar-refractivity contribution in [3.63, 3.8) is 0 Å². The predicted octanol–water partition coefficient (Wildman–Crippen LogP) is 7.93. The van der Waals surface area contributed by atoms with Crippen molar-refractivity contribution >= 4 is 5.78 Å². The van der Waals surface area contributed by atoms with Gasteiger partial charge in [-0.05, 0) is 97.2 Å². The topological polar surface area (TPSA) is 17.1 Å². The number of Topliss-reactive ketones (excluding diaryl/α,β-unsaturated/α-hetero) is 1. The second-order valence-electron chi connectivity index (χ2n) is 12.4. The third-order valence-corrected chi connectivity index (χ3v) is 10.7. The minimum Gasteiger partial charge on any atom is -0.300 e. The normalized spacial score (nSPS) is 43.7. The van der Waals surface area contributed by atoms with E-state index < -0.39 is 0 Å². The maximum atomic E-state index is 12.1. The van der Waals surface area contributed by atoms with Crippen molar-refractivity contribution in [2.45, 2.75) is 112 Å². The van der Waals surface area contributed by atoms with Crippen molar-refractivity contribution in [2.75, 3.05) is 0 Å². The number of terminal acetylenes is 1. The maximum Gasteiger partial charge on any atom is 0.133 e. The van der Waals surface area contributed by atoms with Gasteiger partial charge < -0.3 is 0 Å². The van der Waals surface area contributed by atoms with Crippen LogP contribution in [0.1, 0.15) is 112 Å². The quantitative estimate of drug-likeness (QED) is 0.419. The largest absolute Gasteiger partial charge is 0.300 e. The van der Waals surface area contributed by atoms with Crippen molar-refractivity contribution in [3.8, 4) is 12.8 Å². The molecule has 4 aliphatic rings. The van der Waals surface area contributed by atoms with Crippen LogP contribution in [0.5, 0.6) is 0 Å². The minimum atomic E-state index is 0.471. The number of carbonyl (C=O) groups excluding carboxylic acids is 1. The molecular weight excluding hydrogens is 364 g/mol. The van der Waals surface area contributed by atoms with E-state index in [-0.39, 0.29) is 0 Å². The average molecular weight is 413 g/mol. The molecule has 0 aromatic rings. The van der Waals surface area contributed by atoms with E-state index in [4.69, 9.17) is 0 Å². The first kappa shape index (κ1) is 23.9. The van der Waals surface area contributed by atoms with E-state index in [9.17, 15) is 4.79 Å². The fraction of sp³-hybridized carbons (Fsp3) is 0.897. The number of hydrogen-bond donors (Lipinski definition) is 0. The minimum absolute atomic E-state index is 0.471. The third kappa shape index (κ3) is 4.14. The highest BCUT2D eigenvalue weighted by Gasteiger charge is 2.60. The Morgan fingerprint density at radius 3 is 2.30 bits per heavy atom. The van der Waals surface area contributed by atoms with Crippen LogP contribution in [-0.2, 0) is 4.79 Å². The highest BCUT2D eigenvalue weighted by Crippen LogP contribution is 2.68. The van der Waals surface area contributed by atoms with Gasteiger partial charge in [0.15, 0.2) is 0 Å². The van der Waals surface area contributed by atoms with Gasteiger partial charge >= 0.3 is 0 Å². The van der Waals surface area contributed by atoms with Gasteiger partial charge in [-0.3, -0.25) is 4.79 Å². The van der Waals surface area contributed by atoms with Gasteiger partial charge in [0.2, 0.25) is 0 Å². The Morgan fingerprint density at radius 2 is 1.60 bits per heavy atom. The molecule has 0 heterocycles. The van der Waals surface area contributed by atoms with E-state index in [1.165, 1.54) is 64.2 Å². The number of hydrogen-bond acceptors (Lipinski definition) is 1. The Hall–Kier alpha value is -0.770. The van der Waals surface area contributed by atoms with Crippen molar-refractivity contribution in [1.82, 2.24) is 0 Å². The highest BCUT2D eigenvalue weighted by molar-refractivity contribution is 5.79. The molecule has 0 aromatic carbocycles. The van der Waals surface area contributed by atoms with Gasteiger partial charge in [-0.25, -0.2) is 0 Å². The molecule has 170 valence electrons. The van der Waals surface area contributed by atoms with Crippen LogP contribution in [-0.4, -0.2) is 5.78 Å². The Labute approximate surface area is 187 Å². The van der Waals surface area contributed by atoms with Crippen LogP contribution in [0.4, 0.5) is 0 Å². The Morgan fingerprint density at radius 1 is 0.900 bits per heavy atom. The first-order chi connectivity index (χ1) is 14.3. The van der Waals surface area contributed by atoms with Crippen LogP contribution in [0.2, 0.25) is 0 Å². The van der Waals surface area contributed by atoms with Crippen LogP contribution in [0.3, 0.4) is 0 Å². The Kier molecular flexibility index (Phi) is 7.47. The highest BCUT2D eigenvalue weighted by atomic mass is 16.1. The summed E-state index contributed by atoms with van der Waals surface area (Å²) >= 11 is 0. The molecule has 0 spiro atoms. The molecule has 4 aliphatic carbocycles. The zero-order valence-corrected chi connectivity index (χ0v) is 20.6. The average Bonchev–Trinajstić information content (AvgIpc) is 3.07. The fourth-order valence-electron chi connectivity index (χ4n) is 9.07. The molecule has 4 rings (SSSR count). The lowest BCUT2D eigenvalue weighted by Crippen LogP contribution is -2.53. The van der Waals surface area contributed by atoms with Gasteiger partial charge in [0, 0.05) is 12.8 Å². The summed E-state index contributed by atoms with van der Waals surface area (Å²) in [4.78, 5) is 12.1. The summed E-state index contributed by atoms with van der Waals surface area (Å²) in [7, 11) is 0.